The number of aromatic nitrogens is 1. The molecule has 2 rings (SSSR count). The van der Waals surface area contributed by atoms with Crippen LogP contribution in [-0.4, -0.2) is 18.7 Å². The van der Waals surface area contributed by atoms with Gasteiger partial charge in [0.1, 0.15) is 11.5 Å². The summed E-state index contributed by atoms with van der Waals surface area (Å²) in [6.07, 6.45) is 3.40. The van der Waals surface area contributed by atoms with Gasteiger partial charge in [0.25, 0.3) is 0 Å². The molecule has 19 heavy (non-hydrogen) atoms. The van der Waals surface area contributed by atoms with Gasteiger partial charge in [0.05, 0.1) is 26.0 Å². The molecule has 1 aromatic carbocycles. The summed E-state index contributed by atoms with van der Waals surface area (Å²) in [5.41, 5.74) is 8.13. The van der Waals surface area contributed by atoms with Gasteiger partial charge in [-0.2, -0.15) is 0 Å². The molecule has 4 heteroatoms. The Bertz CT molecular complexity index is 543. The lowest BCUT2D eigenvalue weighted by Crippen LogP contribution is -2.14. The standard InChI is InChI=1S/C15H18N2O2/c1-3-19-14-7-5-4-6-13(14)15(16)11-8-12(18-2)10-17-9-11/h4-10,15H,3,16H2,1-2H3. The minimum absolute atomic E-state index is 0.287. The van der Waals surface area contributed by atoms with Crippen LogP contribution in [0.4, 0.5) is 0 Å². The summed E-state index contributed by atoms with van der Waals surface area (Å²) in [6, 6.07) is 9.38. The second-order valence-electron chi connectivity index (χ2n) is 4.11. The Morgan fingerprint density at radius 2 is 2.05 bits per heavy atom. The minimum atomic E-state index is -0.287. The zero-order valence-electron chi connectivity index (χ0n) is 11.2. The lowest BCUT2D eigenvalue weighted by atomic mass is 10.00. The fraction of sp³-hybridized carbons (Fsp3) is 0.267. The fourth-order valence-electron chi connectivity index (χ4n) is 1.92. The Balaban J connectivity index is 2.35. The first-order valence-electron chi connectivity index (χ1n) is 6.22. The quantitative estimate of drug-likeness (QED) is 0.895. The number of hydrogen-bond acceptors (Lipinski definition) is 4. The highest BCUT2D eigenvalue weighted by atomic mass is 16.5. The average molecular weight is 258 g/mol. The number of benzene rings is 1. The van der Waals surface area contributed by atoms with Gasteiger partial charge in [-0.15, -0.1) is 0 Å². The fourth-order valence-corrected chi connectivity index (χ4v) is 1.92. The summed E-state index contributed by atoms with van der Waals surface area (Å²) >= 11 is 0. The monoisotopic (exact) mass is 258 g/mol. The molecule has 0 aliphatic carbocycles. The SMILES string of the molecule is CCOc1ccccc1C(N)c1cncc(OC)c1. The van der Waals surface area contributed by atoms with Crippen LogP contribution in [-0.2, 0) is 0 Å². The molecule has 1 heterocycles. The summed E-state index contributed by atoms with van der Waals surface area (Å²) in [5, 5.41) is 0. The molecule has 0 spiro atoms. The van der Waals surface area contributed by atoms with Crippen LogP contribution >= 0.6 is 0 Å². The maximum atomic E-state index is 6.30. The molecule has 2 N–H and O–H groups in total. The number of nitrogens with two attached hydrogens (primary N) is 1. The number of rotatable bonds is 5. The summed E-state index contributed by atoms with van der Waals surface area (Å²) in [4.78, 5) is 4.13. The Kier molecular flexibility index (Phi) is 4.36. The van der Waals surface area contributed by atoms with Crippen LogP contribution in [0.5, 0.6) is 11.5 Å². The minimum Gasteiger partial charge on any atom is -0.495 e. The predicted molar refractivity (Wildman–Crippen MR) is 74.4 cm³/mol. The van der Waals surface area contributed by atoms with E-state index in [-0.39, 0.29) is 6.04 Å². The molecule has 1 atom stereocenters. The number of methoxy groups -OCH3 is 1. The van der Waals surface area contributed by atoms with Crippen molar-refractivity contribution in [1.82, 2.24) is 4.98 Å². The van der Waals surface area contributed by atoms with Gasteiger partial charge in [0, 0.05) is 11.8 Å². The van der Waals surface area contributed by atoms with Crippen LogP contribution in [0.3, 0.4) is 0 Å². The van der Waals surface area contributed by atoms with E-state index in [1.807, 2.05) is 37.3 Å². The average Bonchev–Trinajstić information content (AvgIpc) is 2.47. The molecule has 0 aliphatic rings. The molecule has 2 aromatic rings. The van der Waals surface area contributed by atoms with Crippen molar-refractivity contribution < 1.29 is 9.47 Å². The number of pyridine rings is 1. The molecule has 0 aliphatic heterocycles. The van der Waals surface area contributed by atoms with Gasteiger partial charge in [0.15, 0.2) is 0 Å². The van der Waals surface area contributed by atoms with Gasteiger partial charge in [-0.05, 0) is 24.6 Å². The number of para-hydroxylation sites is 1. The van der Waals surface area contributed by atoms with Crippen LogP contribution in [0.1, 0.15) is 24.1 Å². The summed E-state index contributed by atoms with van der Waals surface area (Å²) in [5.74, 6) is 1.50. The number of nitrogens with zero attached hydrogens (tertiary/aromatic N) is 1. The van der Waals surface area contributed by atoms with E-state index in [4.69, 9.17) is 15.2 Å². The molecule has 0 bridgehead atoms. The second kappa shape index (κ2) is 6.20. The third kappa shape index (κ3) is 3.03. The highest BCUT2D eigenvalue weighted by Gasteiger charge is 2.14. The molecule has 0 saturated carbocycles. The molecule has 1 aromatic heterocycles. The van der Waals surface area contributed by atoms with Gasteiger partial charge < -0.3 is 15.2 Å². The maximum absolute atomic E-state index is 6.30. The van der Waals surface area contributed by atoms with Crippen molar-refractivity contribution in [3.05, 3.63) is 53.9 Å². The van der Waals surface area contributed by atoms with Gasteiger partial charge in [-0.1, -0.05) is 18.2 Å². The predicted octanol–water partition coefficient (Wildman–Crippen LogP) is 2.54. The molecule has 1 unspecified atom stereocenters. The van der Waals surface area contributed by atoms with E-state index in [0.717, 1.165) is 16.9 Å². The van der Waals surface area contributed by atoms with Crippen LogP contribution in [0, 0.1) is 0 Å². The van der Waals surface area contributed by atoms with E-state index in [1.165, 1.54) is 0 Å². The van der Waals surface area contributed by atoms with Crippen molar-refractivity contribution in [1.29, 1.82) is 0 Å². The summed E-state index contributed by atoms with van der Waals surface area (Å²) in [6.45, 7) is 2.56. The van der Waals surface area contributed by atoms with E-state index < -0.39 is 0 Å². The van der Waals surface area contributed by atoms with Gasteiger partial charge >= 0.3 is 0 Å². The van der Waals surface area contributed by atoms with Crippen molar-refractivity contribution >= 4 is 0 Å². The summed E-state index contributed by atoms with van der Waals surface area (Å²) in [7, 11) is 1.61. The van der Waals surface area contributed by atoms with Crippen LogP contribution in [0.15, 0.2) is 42.7 Å². The first-order valence-corrected chi connectivity index (χ1v) is 6.22. The first kappa shape index (κ1) is 13.4. The third-order valence-corrected chi connectivity index (χ3v) is 2.88. The van der Waals surface area contributed by atoms with Crippen LogP contribution < -0.4 is 15.2 Å². The van der Waals surface area contributed by atoms with Gasteiger partial charge in [-0.25, -0.2) is 0 Å². The smallest absolute Gasteiger partial charge is 0.137 e. The normalized spacial score (nSPS) is 11.9. The summed E-state index contributed by atoms with van der Waals surface area (Å²) < 4.78 is 10.8. The maximum Gasteiger partial charge on any atom is 0.137 e. The van der Waals surface area contributed by atoms with E-state index in [2.05, 4.69) is 4.98 Å². The van der Waals surface area contributed by atoms with E-state index >= 15 is 0 Å². The molecule has 4 nitrogen and oxygen atoms in total. The molecule has 0 fully saturated rings. The highest BCUT2D eigenvalue weighted by molar-refractivity contribution is 5.41. The van der Waals surface area contributed by atoms with E-state index in [0.29, 0.717) is 12.4 Å². The Labute approximate surface area is 113 Å². The van der Waals surface area contributed by atoms with Crippen molar-refractivity contribution in [2.45, 2.75) is 13.0 Å². The highest BCUT2D eigenvalue weighted by Crippen LogP contribution is 2.29. The molecular weight excluding hydrogens is 240 g/mol. The van der Waals surface area contributed by atoms with Crippen LogP contribution in [0.25, 0.3) is 0 Å². The molecular formula is C15H18N2O2. The lowest BCUT2D eigenvalue weighted by molar-refractivity contribution is 0.335. The van der Waals surface area contributed by atoms with Crippen LogP contribution in [0.2, 0.25) is 0 Å². The third-order valence-electron chi connectivity index (χ3n) is 2.88. The molecule has 0 amide bonds. The zero-order valence-corrected chi connectivity index (χ0v) is 11.2. The second-order valence-corrected chi connectivity index (χ2v) is 4.11. The number of ether oxygens (including phenoxy) is 2. The first-order chi connectivity index (χ1) is 9.26. The molecule has 0 radical (unpaired) electrons. The van der Waals surface area contributed by atoms with E-state index in [1.54, 1.807) is 19.5 Å². The van der Waals surface area contributed by atoms with Crippen molar-refractivity contribution in [2.75, 3.05) is 13.7 Å². The Morgan fingerprint density at radius 1 is 1.26 bits per heavy atom. The lowest BCUT2D eigenvalue weighted by Gasteiger charge is -2.17. The van der Waals surface area contributed by atoms with Gasteiger partial charge in [0.2, 0.25) is 0 Å². The van der Waals surface area contributed by atoms with Gasteiger partial charge in [-0.3, -0.25) is 4.98 Å². The molecule has 100 valence electrons. The molecule has 0 saturated heterocycles. The van der Waals surface area contributed by atoms with Crippen molar-refractivity contribution in [2.24, 2.45) is 5.73 Å². The Hall–Kier alpha value is -2.07. The topological polar surface area (TPSA) is 57.4 Å². The zero-order chi connectivity index (χ0) is 13.7. The van der Waals surface area contributed by atoms with Crippen molar-refractivity contribution in [3.63, 3.8) is 0 Å². The van der Waals surface area contributed by atoms with Crippen molar-refractivity contribution in [3.8, 4) is 11.5 Å². The Morgan fingerprint density at radius 3 is 2.79 bits per heavy atom. The van der Waals surface area contributed by atoms with E-state index in [9.17, 15) is 0 Å². The largest absolute Gasteiger partial charge is 0.495 e. The number of hydrogen-bond donors (Lipinski definition) is 1.